The third kappa shape index (κ3) is 3.14. The summed E-state index contributed by atoms with van der Waals surface area (Å²) in [4.78, 5) is 28.5. The van der Waals surface area contributed by atoms with E-state index < -0.39 is 11.7 Å². The number of amides is 2. The number of benzene rings is 1. The van der Waals surface area contributed by atoms with Crippen LogP contribution in [0.25, 0.3) is 0 Å². The lowest BCUT2D eigenvalue weighted by molar-refractivity contribution is -0.143. The van der Waals surface area contributed by atoms with Gasteiger partial charge in [0.1, 0.15) is 11.4 Å². The third-order valence-corrected chi connectivity index (χ3v) is 9.54. The van der Waals surface area contributed by atoms with Crippen LogP contribution in [0.3, 0.4) is 0 Å². The van der Waals surface area contributed by atoms with Gasteiger partial charge in [0, 0.05) is 18.0 Å². The molecule has 0 spiro atoms. The summed E-state index contributed by atoms with van der Waals surface area (Å²) in [6, 6.07) is 6.24. The molecule has 0 radical (unpaired) electrons. The van der Waals surface area contributed by atoms with Gasteiger partial charge in [-0.3, -0.25) is 9.59 Å². The van der Waals surface area contributed by atoms with Crippen molar-refractivity contribution >= 4 is 17.5 Å². The highest BCUT2D eigenvalue weighted by atomic mass is 19.1. The Balaban J connectivity index is 1.51. The molecule has 1 aromatic carbocycles. The Morgan fingerprint density at radius 1 is 1.12 bits per heavy atom. The fraction of sp³-hybridized carbons (Fsp3) is 0.630. The van der Waals surface area contributed by atoms with Crippen molar-refractivity contribution in [1.29, 1.82) is 0 Å². The highest BCUT2D eigenvalue weighted by molar-refractivity contribution is 6.23. The molecule has 1 aliphatic heterocycles. The number of nitrogens with zero attached hydrogens (tertiary/aromatic N) is 1. The molecule has 1 heterocycles. The fourth-order valence-corrected chi connectivity index (χ4v) is 8.01. The molecule has 0 aromatic heterocycles. The summed E-state index contributed by atoms with van der Waals surface area (Å²) in [6.07, 6.45) is 10.6. The fourth-order valence-electron chi connectivity index (χ4n) is 8.01. The van der Waals surface area contributed by atoms with E-state index >= 15 is 0 Å². The Kier molecular flexibility index (Phi) is 5.22. The van der Waals surface area contributed by atoms with Gasteiger partial charge in [-0.2, -0.15) is 0 Å². The van der Waals surface area contributed by atoms with Crippen molar-refractivity contribution < 1.29 is 14.0 Å². The average molecular weight is 439 g/mol. The van der Waals surface area contributed by atoms with Crippen LogP contribution >= 0.6 is 0 Å². The van der Waals surface area contributed by atoms with Gasteiger partial charge >= 0.3 is 0 Å². The Morgan fingerprint density at radius 3 is 2.66 bits per heavy atom. The van der Waals surface area contributed by atoms with Crippen LogP contribution in [0.15, 0.2) is 35.9 Å². The predicted octanol–water partition coefficient (Wildman–Crippen LogP) is 5.55. The molecule has 0 bridgehead atoms. The van der Waals surface area contributed by atoms with Crippen molar-refractivity contribution in [3.8, 4) is 0 Å². The summed E-state index contributed by atoms with van der Waals surface area (Å²) in [7, 11) is 0. The maximum Gasteiger partial charge on any atom is 0.261 e. The molecule has 1 aromatic rings. The number of fused-ring (bicyclic) bond motifs is 5. The molecule has 5 heteroatoms. The van der Waals surface area contributed by atoms with E-state index in [1.807, 2.05) is 17.9 Å². The molecule has 0 saturated heterocycles. The van der Waals surface area contributed by atoms with E-state index in [1.165, 1.54) is 44.2 Å². The normalized spacial score (nSPS) is 38.4. The van der Waals surface area contributed by atoms with Crippen molar-refractivity contribution in [2.75, 3.05) is 11.9 Å². The van der Waals surface area contributed by atoms with Crippen molar-refractivity contribution in [1.82, 2.24) is 4.90 Å². The Hall–Kier alpha value is -2.17. The molecular weight excluding hydrogens is 403 g/mol. The van der Waals surface area contributed by atoms with E-state index in [-0.39, 0.29) is 28.6 Å². The van der Waals surface area contributed by atoms with Crippen molar-refractivity contribution in [2.24, 2.45) is 28.6 Å². The van der Waals surface area contributed by atoms with Crippen LogP contribution in [-0.2, 0) is 9.59 Å². The molecule has 2 amide bonds. The van der Waals surface area contributed by atoms with Crippen LogP contribution in [0.2, 0.25) is 0 Å². The van der Waals surface area contributed by atoms with Crippen LogP contribution in [0.1, 0.15) is 65.7 Å². The summed E-state index contributed by atoms with van der Waals surface area (Å²) in [6.45, 7) is 7.34. The molecule has 3 fully saturated rings. The average Bonchev–Trinajstić information content (AvgIpc) is 3.17. The Morgan fingerprint density at radius 2 is 1.91 bits per heavy atom. The second-order valence-corrected chi connectivity index (χ2v) is 11.0. The van der Waals surface area contributed by atoms with Gasteiger partial charge in [0.15, 0.2) is 0 Å². The first-order chi connectivity index (χ1) is 15.3. The Labute approximate surface area is 190 Å². The number of para-hydroxylation sites is 1. The lowest BCUT2D eigenvalue weighted by Crippen LogP contribution is -2.61. The minimum absolute atomic E-state index is 0.113. The summed E-state index contributed by atoms with van der Waals surface area (Å²) in [5.41, 5.74) is 0.531. The van der Waals surface area contributed by atoms with Crippen molar-refractivity contribution in [2.45, 2.75) is 71.8 Å². The van der Waals surface area contributed by atoms with E-state index in [4.69, 9.17) is 0 Å². The summed E-state index contributed by atoms with van der Waals surface area (Å²) < 4.78 is 14.2. The van der Waals surface area contributed by atoms with E-state index in [0.29, 0.717) is 23.8 Å². The molecule has 172 valence electrons. The van der Waals surface area contributed by atoms with Gasteiger partial charge in [-0.15, -0.1) is 0 Å². The number of carbonyl (C=O) groups is 2. The van der Waals surface area contributed by atoms with E-state index in [1.54, 1.807) is 12.1 Å². The number of hydrogen-bond acceptors (Lipinski definition) is 2. The first-order valence-electron chi connectivity index (χ1n) is 12.4. The number of hydrogen-bond donors (Lipinski definition) is 1. The number of carbonyl (C=O) groups excluding carboxylic acids is 2. The molecule has 3 aliphatic carbocycles. The second kappa shape index (κ2) is 7.71. The summed E-state index contributed by atoms with van der Waals surface area (Å²) >= 11 is 0. The largest absolute Gasteiger partial charge is 0.335 e. The molecule has 1 N–H and O–H groups in total. The van der Waals surface area contributed by atoms with Gasteiger partial charge in [0.25, 0.3) is 11.8 Å². The molecule has 5 rings (SSSR count). The Bertz CT molecular complexity index is 974. The zero-order chi connectivity index (χ0) is 22.7. The van der Waals surface area contributed by atoms with Crippen LogP contribution in [0.4, 0.5) is 10.1 Å². The molecule has 4 nitrogen and oxygen atoms in total. The first-order valence-corrected chi connectivity index (χ1v) is 12.4. The van der Waals surface area contributed by atoms with E-state index in [2.05, 4.69) is 19.2 Å². The summed E-state index contributed by atoms with van der Waals surface area (Å²) in [5, 5.41) is 2.65. The predicted molar refractivity (Wildman–Crippen MR) is 123 cm³/mol. The second-order valence-electron chi connectivity index (χ2n) is 11.0. The SMILES string of the molecule is CCN1C(=O)C(C(=O)Nc2ccccc2F)=C[C@@]2(C)C1CC[C@@H]1[C@H]2CC[C@]2(C)CCC[C@@H]12. The number of halogens is 1. The number of rotatable bonds is 3. The van der Waals surface area contributed by atoms with Gasteiger partial charge < -0.3 is 10.2 Å². The minimum Gasteiger partial charge on any atom is -0.335 e. The van der Waals surface area contributed by atoms with Gasteiger partial charge in [-0.1, -0.05) is 38.5 Å². The quantitative estimate of drug-likeness (QED) is 0.629. The standard InChI is InChI=1S/C27H35FN2O2/c1-4-30-23-12-11-17-19-8-7-14-26(19,2)15-13-20(17)27(23,3)16-18(25(30)32)24(31)29-22-10-6-5-9-21(22)28/h5-6,9-10,16-17,19-20,23H,4,7-8,11-15H2,1-3H3,(H,29,31)/t17-,19-,20+,23?,26-,27+/m0/s1. The van der Waals surface area contributed by atoms with Gasteiger partial charge in [0.05, 0.1) is 5.69 Å². The molecule has 1 unspecified atom stereocenters. The molecule has 4 aliphatic rings. The maximum atomic E-state index is 14.2. The number of anilines is 1. The van der Waals surface area contributed by atoms with Crippen LogP contribution in [0.5, 0.6) is 0 Å². The van der Waals surface area contributed by atoms with Crippen LogP contribution in [-0.4, -0.2) is 29.3 Å². The minimum atomic E-state index is -0.498. The smallest absolute Gasteiger partial charge is 0.261 e. The lowest BCUT2D eigenvalue weighted by Gasteiger charge is -2.60. The molecule has 3 saturated carbocycles. The molecule has 32 heavy (non-hydrogen) atoms. The highest BCUT2D eigenvalue weighted by Gasteiger charge is 2.59. The van der Waals surface area contributed by atoms with Gasteiger partial charge in [0.2, 0.25) is 0 Å². The monoisotopic (exact) mass is 438 g/mol. The number of likely N-dealkylation sites (N-methyl/N-ethyl adjacent to an activating group) is 1. The van der Waals surface area contributed by atoms with Crippen LogP contribution in [0, 0.1) is 34.4 Å². The zero-order valence-corrected chi connectivity index (χ0v) is 19.5. The first kappa shape index (κ1) is 21.7. The van der Waals surface area contributed by atoms with Crippen LogP contribution < -0.4 is 5.32 Å². The van der Waals surface area contributed by atoms with Gasteiger partial charge in [-0.25, -0.2) is 4.39 Å². The highest BCUT2D eigenvalue weighted by Crippen LogP contribution is 2.64. The lowest BCUT2D eigenvalue weighted by atomic mass is 9.48. The van der Waals surface area contributed by atoms with E-state index in [9.17, 15) is 14.0 Å². The third-order valence-electron chi connectivity index (χ3n) is 9.54. The summed E-state index contributed by atoms with van der Waals surface area (Å²) in [5.74, 6) is 0.695. The molecular formula is C27H35FN2O2. The van der Waals surface area contributed by atoms with Gasteiger partial charge in [-0.05, 0) is 80.8 Å². The molecule has 6 atom stereocenters. The van der Waals surface area contributed by atoms with E-state index in [0.717, 1.165) is 18.8 Å². The maximum absolute atomic E-state index is 14.2. The topological polar surface area (TPSA) is 49.4 Å². The zero-order valence-electron chi connectivity index (χ0n) is 19.5. The number of nitrogens with one attached hydrogen (secondary N) is 1. The van der Waals surface area contributed by atoms with Crippen molar-refractivity contribution in [3.63, 3.8) is 0 Å². The van der Waals surface area contributed by atoms with Crippen molar-refractivity contribution in [3.05, 3.63) is 41.7 Å².